The van der Waals surface area contributed by atoms with Crippen molar-refractivity contribution in [3.63, 3.8) is 0 Å². The third-order valence-electron chi connectivity index (χ3n) is 5.83. The summed E-state index contributed by atoms with van der Waals surface area (Å²) in [7, 11) is 3.14. The van der Waals surface area contributed by atoms with E-state index in [1.54, 1.807) is 38.5 Å². The molecule has 0 bridgehead atoms. The van der Waals surface area contributed by atoms with Crippen molar-refractivity contribution in [2.75, 3.05) is 27.3 Å². The second-order valence-electron chi connectivity index (χ2n) is 7.53. The molecule has 6 heteroatoms. The smallest absolute Gasteiger partial charge is 0.344 e. The Labute approximate surface area is 169 Å². The van der Waals surface area contributed by atoms with Crippen LogP contribution in [-0.4, -0.2) is 32.4 Å². The fraction of sp³-hybridized carbons (Fsp3) is 0.348. The molecule has 1 fully saturated rings. The molecule has 4 rings (SSSR count). The molecule has 0 amide bonds. The summed E-state index contributed by atoms with van der Waals surface area (Å²) in [6, 6.07) is 8.84. The number of phenols is 1. The second-order valence-corrected chi connectivity index (χ2v) is 7.53. The summed E-state index contributed by atoms with van der Waals surface area (Å²) in [4.78, 5) is 14.4. The molecule has 0 saturated carbocycles. The van der Waals surface area contributed by atoms with Crippen molar-refractivity contribution in [1.82, 2.24) is 0 Å². The summed E-state index contributed by atoms with van der Waals surface area (Å²) >= 11 is 0. The number of hydrogen-bond donors (Lipinski definition) is 2. The molecular weight excluding hydrogens is 370 g/mol. The van der Waals surface area contributed by atoms with Gasteiger partial charge in [-0.1, -0.05) is 0 Å². The number of aryl methyl sites for hydroxylation is 1. The van der Waals surface area contributed by atoms with Crippen molar-refractivity contribution >= 4 is 11.0 Å². The van der Waals surface area contributed by atoms with Crippen LogP contribution in [0.3, 0.4) is 0 Å². The Morgan fingerprint density at radius 2 is 1.86 bits per heavy atom. The average molecular weight is 396 g/mol. The van der Waals surface area contributed by atoms with Gasteiger partial charge < -0.3 is 23.9 Å². The van der Waals surface area contributed by atoms with Crippen LogP contribution in [0, 0.1) is 6.92 Å². The summed E-state index contributed by atoms with van der Waals surface area (Å²) < 4.78 is 16.5. The number of methoxy groups -OCH3 is 2. The number of aromatic hydroxyl groups is 1. The third-order valence-corrected chi connectivity index (χ3v) is 5.83. The Morgan fingerprint density at radius 1 is 1.10 bits per heavy atom. The molecular formula is C23H26NO5+. The van der Waals surface area contributed by atoms with E-state index in [0.29, 0.717) is 40.3 Å². The Morgan fingerprint density at radius 3 is 2.55 bits per heavy atom. The number of fused-ring (bicyclic) bond motifs is 1. The zero-order valence-corrected chi connectivity index (χ0v) is 17.0. The van der Waals surface area contributed by atoms with Gasteiger partial charge in [0.25, 0.3) is 0 Å². The number of likely N-dealkylation sites (tertiary alicyclic amines) is 1. The lowest BCUT2D eigenvalue weighted by Gasteiger charge is -2.16. The quantitative estimate of drug-likeness (QED) is 0.649. The van der Waals surface area contributed by atoms with Gasteiger partial charge in [-0.2, -0.15) is 0 Å². The van der Waals surface area contributed by atoms with E-state index >= 15 is 0 Å². The molecule has 1 saturated heterocycles. The number of benzene rings is 2. The lowest BCUT2D eigenvalue weighted by atomic mass is 9.97. The van der Waals surface area contributed by atoms with Gasteiger partial charge in [-0.15, -0.1) is 0 Å². The van der Waals surface area contributed by atoms with E-state index < -0.39 is 5.63 Å². The van der Waals surface area contributed by atoms with Crippen LogP contribution in [0.5, 0.6) is 17.2 Å². The molecule has 152 valence electrons. The number of phenolic OH excluding ortho intramolecular Hbond substituents is 1. The van der Waals surface area contributed by atoms with Crippen molar-refractivity contribution in [1.29, 1.82) is 0 Å². The number of hydrogen-bond acceptors (Lipinski definition) is 5. The molecule has 0 atom stereocenters. The molecule has 3 aromatic rings. The maximum Gasteiger partial charge on any atom is 0.344 e. The molecule has 29 heavy (non-hydrogen) atoms. The Bertz CT molecular complexity index is 1110. The molecule has 0 unspecified atom stereocenters. The highest BCUT2D eigenvalue weighted by Gasteiger charge is 2.24. The second kappa shape index (κ2) is 7.79. The first-order valence-corrected chi connectivity index (χ1v) is 9.87. The van der Waals surface area contributed by atoms with Crippen molar-refractivity contribution in [2.24, 2.45) is 0 Å². The van der Waals surface area contributed by atoms with E-state index in [-0.39, 0.29) is 5.75 Å². The lowest BCUT2D eigenvalue weighted by molar-refractivity contribution is -0.901. The summed E-state index contributed by atoms with van der Waals surface area (Å²) in [6.07, 6.45) is 2.37. The SMILES string of the molecule is COc1ccc(-c2c(C)c3ccc(O)c(C[NH+]4CCCC4)c3oc2=O)c(OC)c1. The largest absolute Gasteiger partial charge is 0.507 e. The molecule has 0 radical (unpaired) electrons. The van der Waals surface area contributed by atoms with E-state index in [9.17, 15) is 9.90 Å². The average Bonchev–Trinajstić information content (AvgIpc) is 3.23. The van der Waals surface area contributed by atoms with Gasteiger partial charge in [0.1, 0.15) is 23.8 Å². The fourth-order valence-corrected chi connectivity index (χ4v) is 4.25. The van der Waals surface area contributed by atoms with Crippen molar-refractivity contribution in [3.05, 3.63) is 51.9 Å². The van der Waals surface area contributed by atoms with Gasteiger partial charge >= 0.3 is 5.63 Å². The summed E-state index contributed by atoms with van der Waals surface area (Å²) in [5.74, 6) is 1.36. The molecule has 0 spiro atoms. The maximum atomic E-state index is 13.0. The highest BCUT2D eigenvalue weighted by atomic mass is 16.5. The predicted octanol–water partition coefficient (Wildman–Crippen LogP) is 2.67. The predicted molar refractivity (Wildman–Crippen MR) is 111 cm³/mol. The summed E-state index contributed by atoms with van der Waals surface area (Å²) in [6.45, 7) is 4.69. The zero-order valence-electron chi connectivity index (χ0n) is 17.0. The van der Waals surface area contributed by atoms with E-state index in [1.165, 1.54) is 17.7 Å². The van der Waals surface area contributed by atoms with E-state index in [2.05, 4.69) is 0 Å². The van der Waals surface area contributed by atoms with Gasteiger partial charge in [0.15, 0.2) is 5.58 Å². The van der Waals surface area contributed by atoms with Crippen LogP contribution >= 0.6 is 0 Å². The third kappa shape index (κ3) is 3.44. The first-order valence-electron chi connectivity index (χ1n) is 9.87. The van der Waals surface area contributed by atoms with E-state index in [0.717, 1.165) is 24.0 Å². The summed E-state index contributed by atoms with van der Waals surface area (Å²) in [5, 5.41) is 11.3. The van der Waals surface area contributed by atoms with Gasteiger partial charge in [-0.25, -0.2) is 4.79 Å². The molecule has 1 aliphatic heterocycles. The van der Waals surface area contributed by atoms with Crippen LogP contribution in [0.4, 0.5) is 0 Å². The van der Waals surface area contributed by atoms with Crippen molar-refractivity contribution in [2.45, 2.75) is 26.3 Å². The minimum absolute atomic E-state index is 0.175. The van der Waals surface area contributed by atoms with Gasteiger partial charge in [0, 0.05) is 29.9 Å². The molecule has 2 heterocycles. The summed E-state index contributed by atoms with van der Waals surface area (Å²) in [5.41, 5.74) is 2.65. The van der Waals surface area contributed by atoms with Gasteiger partial charge in [-0.3, -0.25) is 0 Å². The number of rotatable bonds is 5. The molecule has 2 N–H and O–H groups in total. The fourth-order valence-electron chi connectivity index (χ4n) is 4.25. The van der Waals surface area contributed by atoms with Crippen molar-refractivity contribution < 1.29 is 23.9 Å². The molecule has 1 aromatic heterocycles. The normalized spacial score (nSPS) is 14.4. The van der Waals surface area contributed by atoms with Gasteiger partial charge in [0.05, 0.1) is 38.4 Å². The van der Waals surface area contributed by atoms with Gasteiger partial charge in [0.2, 0.25) is 0 Å². The first kappa shape index (κ1) is 19.3. The molecule has 2 aromatic carbocycles. The highest BCUT2D eigenvalue weighted by molar-refractivity contribution is 5.90. The number of nitrogens with one attached hydrogen (secondary N) is 1. The lowest BCUT2D eigenvalue weighted by Crippen LogP contribution is -3.08. The first-order chi connectivity index (χ1) is 14.0. The Kier molecular flexibility index (Phi) is 5.20. The van der Waals surface area contributed by atoms with E-state index in [4.69, 9.17) is 13.9 Å². The van der Waals surface area contributed by atoms with Crippen LogP contribution in [-0.2, 0) is 6.54 Å². The Hall–Kier alpha value is -2.99. The monoisotopic (exact) mass is 396 g/mol. The van der Waals surface area contributed by atoms with E-state index in [1.807, 2.05) is 13.0 Å². The highest BCUT2D eigenvalue weighted by Crippen LogP contribution is 2.37. The number of quaternary nitrogens is 1. The zero-order chi connectivity index (χ0) is 20.5. The minimum Gasteiger partial charge on any atom is -0.507 e. The standard InChI is InChI=1S/C23H25NO5/c1-14-16-8-9-19(25)18(13-24-10-4-5-11-24)22(16)29-23(26)21(14)17-7-6-15(27-2)12-20(17)28-3/h6-9,12,25H,4-5,10-11,13H2,1-3H3/p+1. The van der Waals surface area contributed by atoms with Crippen LogP contribution in [0.15, 0.2) is 39.5 Å². The topological polar surface area (TPSA) is 73.3 Å². The van der Waals surface area contributed by atoms with Crippen LogP contribution in [0.2, 0.25) is 0 Å². The molecule has 6 nitrogen and oxygen atoms in total. The van der Waals surface area contributed by atoms with Crippen LogP contribution < -0.4 is 20.0 Å². The molecule has 1 aliphatic rings. The van der Waals surface area contributed by atoms with Gasteiger partial charge in [-0.05, 0) is 36.8 Å². The Balaban J connectivity index is 1.90. The van der Waals surface area contributed by atoms with Crippen molar-refractivity contribution in [3.8, 4) is 28.4 Å². The number of ether oxygens (including phenoxy) is 2. The minimum atomic E-state index is -0.443. The molecule has 0 aliphatic carbocycles. The van der Waals surface area contributed by atoms with Crippen LogP contribution in [0.1, 0.15) is 24.0 Å². The van der Waals surface area contributed by atoms with Crippen LogP contribution in [0.25, 0.3) is 22.1 Å². The maximum absolute atomic E-state index is 13.0.